The lowest BCUT2D eigenvalue weighted by atomic mass is 10.2. The lowest BCUT2D eigenvalue weighted by Crippen LogP contribution is -2.16. The Morgan fingerprint density at radius 1 is 1.37 bits per heavy atom. The zero-order valence-electron chi connectivity index (χ0n) is 11.3. The molecule has 1 aliphatic rings. The SMILES string of the molecule is CCCOCCOc1cc(CNC2CC2)c(Cl)cn1. The summed E-state index contributed by atoms with van der Waals surface area (Å²) in [6.07, 6.45) is 5.20. The van der Waals surface area contributed by atoms with Gasteiger partial charge in [0.25, 0.3) is 0 Å². The zero-order valence-corrected chi connectivity index (χ0v) is 12.1. The molecule has 0 unspecified atom stereocenters. The smallest absolute Gasteiger partial charge is 0.213 e. The van der Waals surface area contributed by atoms with Crippen molar-refractivity contribution >= 4 is 11.6 Å². The van der Waals surface area contributed by atoms with Crippen LogP contribution in [0, 0.1) is 0 Å². The largest absolute Gasteiger partial charge is 0.475 e. The topological polar surface area (TPSA) is 43.4 Å². The minimum absolute atomic E-state index is 0.518. The molecule has 4 nitrogen and oxygen atoms in total. The first-order valence-electron chi connectivity index (χ1n) is 6.88. The lowest BCUT2D eigenvalue weighted by Gasteiger charge is -2.09. The fourth-order valence-electron chi connectivity index (χ4n) is 1.67. The molecule has 1 saturated carbocycles. The van der Waals surface area contributed by atoms with Gasteiger partial charge >= 0.3 is 0 Å². The summed E-state index contributed by atoms with van der Waals surface area (Å²) in [4.78, 5) is 4.16. The van der Waals surface area contributed by atoms with E-state index in [9.17, 15) is 0 Å². The van der Waals surface area contributed by atoms with Crippen LogP contribution in [0.4, 0.5) is 0 Å². The van der Waals surface area contributed by atoms with Crippen molar-refractivity contribution in [3.05, 3.63) is 22.8 Å². The van der Waals surface area contributed by atoms with Crippen LogP contribution in [0.5, 0.6) is 5.88 Å². The molecule has 5 heteroatoms. The number of aromatic nitrogens is 1. The maximum Gasteiger partial charge on any atom is 0.213 e. The number of halogens is 1. The zero-order chi connectivity index (χ0) is 13.5. The Hall–Kier alpha value is -0.840. The van der Waals surface area contributed by atoms with E-state index in [1.54, 1.807) is 6.20 Å². The summed E-state index contributed by atoms with van der Waals surface area (Å²) in [5.74, 6) is 0.608. The second-order valence-corrected chi connectivity index (χ2v) is 5.14. The molecule has 1 aromatic heterocycles. The third kappa shape index (κ3) is 5.35. The molecule has 106 valence electrons. The third-order valence-corrected chi connectivity index (χ3v) is 3.23. The summed E-state index contributed by atoms with van der Waals surface area (Å²) in [5.41, 5.74) is 1.04. The van der Waals surface area contributed by atoms with E-state index < -0.39 is 0 Å². The number of nitrogens with one attached hydrogen (secondary N) is 1. The van der Waals surface area contributed by atoms with E-state index in [0.717, 1.165) is 25.1 Å². The summed E-state index contributed by atoms with van der Waals surface area (Å²) < 4.78 is 10.9. The molecular formula is C14H21ClN2O2. The molecule has 1 fully saturated rings. The van der Waals surface area contributed by atoms with Crippen molar-refractivity contribution in [3.8, 4) is 5.88 Å². The molecule has 0 aromatic carbocycles. The molecule has 19 heavy (non-hydrogen) atoms. The molecule has 2 rings (SSSR count). The summed E-state index contributed by atoms with van der Waals surface area (Å²) in [7, 11) is 0. The minimum Gasteiger partial charge on any atom is -0.475 e. The van der Waals surface area contributed by atoms with Crippen LogP contribution in [0.15, 0.2) is 12.3 Å². The Labute approximate surface area is 119 Å². The number of hydrogen-bond donors (Lipinski definition) is 1. The Morgan fingerprint density at radius 3 is 2.95 bits per heavy atom. The lowest BCUT2D eigenvalue weighted by molar-refractivity contribution is 0.0990. The van der Waals surface area contributed by atoms with Crippen molar-refractivity contribution in [2.75, 3.05) is 19.8 Å². The molecular weight excluding hydrogens is 264 g/mol. The van der Waals surface area contributed by atoms with Crippen molar-refractivity contribution in [2.24, 2.45) is 0 Å². The van der Waals surface area contributed by atoms with Crippen LogP contribution in [0.3, 0.4) is 0 Å². The predicted molar refractivity (Wildman–Crippen MR) is 75.7 cm³/mol. The molecule has 1 heterocycles. The average molecular weight is 285 g/mol. The van der Waals surface area contributed by atoms with Gasteiger partial charge in [-0.2, -0.15) is 0 Å². The molecule has 0 radical (unpaired) electrons. The van der Waals surface area contributed by atoms with E-state index in [1.165, 1.54) is 12.8 Å². The number of rotatable bonds is 9. The normalized spacial score (nSPS) is 14.6. The quantitative estimate of drug-likeness (QED) is 0.708. The predicted octanol–water partition coefficient (Wildman–Crippen LogP) is 2.79. The second-order valence-electron chi connectivity index (χ2n) is 4.73. The van der Waals surface area contributed by atoms with Crippen molar-refractivity contribution in [1.82, 2.24) is 10.3 Å². The first kappa shape index (κ1) is 14.6. The maximum atomic E-state index is 6.12. The highest BCUT2D eigenvalue weighted by Crippen LogP contribution is 2.23. The average Bonchev–Trinajstić information content (AvgIpc) is 3.23. The van der Waals surface area contributed by atoms with Gasteiger partial charge in [-0.05, 0) is 24.8 Å². The van der Waals surface area contributed by atoms with Crippen LogP contribution in [-0.4, -0.2) is 30.8 Å². The highest BCUT2D eigenvalue weighted by molar-refractivity contribution is 6.31. The van der Waals surface area contributed by atoms with Gasteiger partial charge in [0.15, 0.2) is 0 Å². The number of pyridine rings is 1. The van der Waals surface area contributed by atoms with Crippen LogP contribution in [0.2, 0.25) is 5.02 Å². The van der Waals surface area contributed by atoms with Gasteiger partial charge < -0.3 is 14.8 Å². The molecule has 0 atom stereocenters. The number of hydrogen-bond acceptors (Lipinski definition) is 4. The molecule has 1 N–H and O–H groups in total. The van der Waals surface area contributed by atoms with E-state index in [2.05, 4.69) is 17.2 Å². The monoisotopic (exact) mass is 284 g/mol. The Kier molecular flexibility index (Phi) is 5.89. The number of ether oxygens (including phenoxy) is 2. The van der Waals surface area contributed by atoms with Gasteiger partial charge in [-0.25, -0.2) is 4.98 Å². The highest BCUT2D eigenvalue weighted by Gasteiger charge is 2.20. The molecule has 0 amide bonds. The first-order valence-corrected chi connectivity index (χ1v) is 7.25. The van der Waals surface area contributed by atoms with Gasteiger partial charge in [0.2, 0.25) is 5.88 Å². The van der Waals surface area contributed by atoms with Gasteiger partial charge in [0.05, 0.1) is 11.6 Å². The molecule has 1 aliphatic carbocycles. The van der Waals surface area contributed by atoms with Gasteiger partial charge in [-0.1, -0.05) is 18.5 Å². The summed E-state index contributed by atoms with van der Waals surface area (Å²) in [5, 5.41) is 4.12. The highest BCUT2D eigenvalue weighted by atomic mass is 35.5. The van der Waals surface area contributed by atoms with E-state index in [0.29, 0.717) is 30.2 Å². The first-order chi connectivity index (χ1) is 9.29. The standard InChI is InChI=1S/C14H21ClN2O2/c1-2-5-18-6-7-19-14-8-11(13(15)10-17-14)9-16-12-3-4-12/h8,10,12,16H,2-7,9H2,1H3. The maximum absolute atomic E-state index is 6.12. The fourth-order valence-corrected chi connectivity index (χ4v) is 1.84. The molecule has 0 spiro atoms. The molecule has 1 aromatic rings. The number of nitrogens with zero attached hydrogens (tertiary/aromatic N) is 1. The molecule has 0 saturated heterocycles. The summed E-state index contributed by atoms with van der Waals surface area (Å²) >= 11 is 6.12. The van der Waals surface area contributed by atoms with E-state index in [-0.39, 0.29) is 0 Å². The Bertz CT molecular complexity index is 397. The van der Waals surface area contributed by atoms with Crippen LogP contribution in [-0.2, 0) is 11.3 Å². The van der Waals surface area contributed by atoms with Crippen molar-refractivity contribution in [2.45, 2.75) is 38.8 Å². The van der Waals surface area contributed by atoms with Crippen LogP contribution in [0.1, 0.15) is 31.7 Å². The molecule has 0 aliphatic heterocycles. The van der Waals surface area contributed by atoms with Crippen LogP contribution in [0.25, 0.3) is 0 Å². The van der Waals surface area contributed by atoms with Crippen LogP contribution < -0.4 is 10.1 Å². The Morgan fingerprint density at radius 2 is 2.21 bits per heavy atom. The van der Waals surface area contributed by atoms with E-state index in [1.807, 2.05) is 6.07 Å². The van der Waals surface area contributed by atoms with Crippen molar-refractivity contribution in [1.29, 1.82) is 0 Å². The van der Waals surface area contributed by atoms with Crippen LogP contribution >= 0.6 is 11.6 Å². The van der Waals surface area contributed by atoms with Gasteiger partial charge in [0.1, 0.15) is 6.61 Å². The van der Waals surface area contributed by atoms with E-state index in [4.69, 9.17) is 21.1 Å². The van der Waals surface area contributed by atoms with E-state index >= 15 is 0 Å². The summed E-state index contributed by atoms with van der Waals surface area (Å²) in [6, 6.07) is 2.56. The second kappa shape index (κ2) is 7.68. The third-order valence-electron chi connectivity index (χ3n) is 2.89. The fraction of sp³-hybridized carbons (Fsp3) is 0.643. The van der Waals surface area contributed by atoms with Gasteiger partial charge in [-0.3, -0.25) is 0 Å². The summed E-state index contributed by atoms with van der Waals surface area (Å²) in [6.45, 7) is 4.74. The van der Waals surface area contributed by atoms with Gasteiger partial charge in [0, 0.05) is 31.5 Å². The van der Waals surface area contributed by atoms with Gasteiger partial charge in [-0.15, -0.1) is 0 Å². The van der Waals surface area contributed by atoms with Crippen molar-refractivity contribution in [3.63, 3.8) is 0 Å². The Balaban J connectivity index is 1.77. The van der Waals surface area contributed by atoms with Crippen molar-refractivity contribution < 1.29 is 9.47 Å². The minimum atomic E-state index is 0.518. The molecule has 0 bridgehead atoms.